The van der Waals surface area contributed by atoms with Gasteiger partial charge in [0.1, 0.15) is 5.75 Å². The predicted octanol–water partition coefficient (Wildman–Crippen LogP) is -0.376. The maximum atomic E-state index is 11.2. The van der Waals surface area contributed by atoms with Crippen molar-refractivity contribution in [2.75, 3.05) is 12.4 Å². The summed E-state index contributed by atoms with van der Waals surface area (Å²) in [6, 6.07) is 6.73. The van der Waals surface area contributed by atoms with Gasteiger partial charge in [0.05, 0.1) is 12.8 Å². The number of hydrazine groups is 1. The number of carbonyl (C=O) groups excluding carboxylic acids is 2. The van der Waals surface area contributed by atoms with Gasteiger partial charge in [0.2, 0.25) is 0 Å². The number of nitrogens with two attached hydrogens (primary N) is 1. The molecule has 0 bridgehead atoms. The molecule has 15 heavy (non-hydrogen) atoms. The van der Waals surface area contributed by atoms with Crippen LogP contribution in [-0.2, 0) is 9.59 Å². The summed E-state index contributed by atoms with van der Waals surface area (Å²) in [6.45, 7) is 0. The first-order chi connectivity index (χ1) is 7.19. The van der Waals surface area contributed by atoms with Crippen molar-refractivity contribution in [2.45, 2.75) is 0 Å². The molecule has 0 radical (unpaired) electrons. The lowest BCUT2D eigenvalue weighted by molar-refractivity contribution is -0.136. The first kappa shape index (κ1) is 11.0. The summed E-state index contributed by atoms with van der Waals surface area (Å²) in [4.78, 5) is 22.0. The van der Waals surface area contributed by atoms with Gasteiger partial charge in [0, 0.05) is 0 Å². The smallest absolute Gasteiger partial charge is 0.323 e. The summed E-state index contributed by atoms with van der Waals surface area (Å²) >= 11 is 0. The van der Waals surface area contributed by atoms with E-state index in [4.69, 9.17) is 10.6 Å². The third-order valence-electron chi connectivity index (χ3n) is 1.69. The van der Waals surface area contributed by atoms with Crippen LogP contribution in [-0.4, -0.2) is 18.9 Å². The molecule has 0 heterocycles. The molecule has 0 unspecified atom stereocenters. The Hall–Kier alpha value is -2.08. The van der Waals surface area contributed by atoms with Gasteiger partial charge >= 0.3 is 11.8 Å². The molecule has 6 nitrogen and oxygen atoms in total. The van der Waals surface area contributed by atoms with E-state index in [1.54, 1.807) is 29.7 Å². The van der Waals surface area contributed by atoms with Crippen LogP contribution in [0.25, 0.3) is 0 Å². The monoisotopic (exact) mass is 209 g/mol. The van der Waals surface area contributed by atoms with E-state index < -0.39 is 11.8 Å². The second-order valence-electron chi connectivity index (χ2n) is 2.63. The van der Waals surface area contributed by atoms with Gasteiger partial charge in [-0.3, -0.25) is 15.0 Å². The molecule has 2 amide bonds. The van der Waals surface area contributed by atoms with E-state index in [1.807, 2.05) is 0 Å². The van der Waals surface area contributed by atoms with Crippen LogP contribution in [0.15, 0.2) is 24.3 Å². The average Bonchev–Trinajstić information content (AvgIpc) is 2.28. The Labute approximate surface area is 86.4 Å². The molecule has 0 aliphatic rings. The molecular weight excluding hydrogens is 198 g/mol. The van der Waals surface area contributed by atoms with Crippen LogP contribution in [0.1, 0.15) is 0 Å². The van der Waals surface area contributed by atoms with Crippen molar-refractivity contribution >= 4 is 17.5 Å². The highest BCUT2D eigenvalue weighted by Crippen LogP contribution is 2.22. The van der Waals surface area contributed by atoms with Gasteiger partial charge in [-0.05, 0) is 12.1 Å². The molecule has 0 saturated heterocycles. The summed E-state index contributed by atoms with van der Waals surface area (Å²) in [5.41, 5.74) is 2.14. The highest BCUT2D eigenvalue weighted by Gasteiger charge is 2.13. The van der Waals surface area contributed by atoms with E-state index in [0.29, 0.717) is 11.4 Å². The second kappa shape index (κ2) is 4.97. The number of amides is 2. The number of methoxy groups -OCH3 is 1. The van der Waals surface area contributed by atoms with Crippen LogP contribution >= 0.6 is 0 Å². The zero-order valence-corrected chi connectivity index (χ0v) is 8.11. The van der Waals surface area contributed by atoms with Crippen molar-refractivity contribution in [1.29, 1.82) is 0 Å². The minimum atomic E-state index is -0.916. The third-order valence-corrected chi connectivity index (χ3v) is 1.69. The maximum absolute atomic E-state index is 11.2. The lowest BCUT2D eigenvalue weighted by Gasteiger charge is -2.08. The Bertz CT molecular complexity index is 379. The van der Waals surface area contributed by atoms with Gasteiger partial charge in [-0.15, -0.1) is 0 Å². The number of rotatable bonds is 2. The predicted molar refractivity (Wildman–Crippen MR) is 54.0 cm³/mol. The van der Waals surface area contributed by atoms with Gasteiger partial charge in [0.25, 0.3) is 0 Å². The molecule has 0 spiro atoms. The fourth-order valence-electron chi connectivity index (χ4n) is 0.993. The van der Waals surface area contributed by atoms with E-state index in [9.17, 15) is 9.59 Å². The summed E-state index contributed by atoms with van der Waals surface area (Å²) in [7, 11) is 1.47. The van der Waals surface area contributed by atoms with Gasteiger partial charge < -0.3 is 10.1 Å². The van der Waals surface area contributed by atoms with E-state index in [0.717, 1.165) is 0 Å². The van der Waals surface area contributed by atoms with Crippen LogP contribution in [0, 0.1) is 0 Å². The lowest BCUT2D eigenvalue weighted by Crippen LogP contribution is -2.39. The highest BCUT2D eigenvalue weighted by atomic mass is 16.5. The Morgan fingerprint density at radius 2 is 1.93 bits per heavy atom. The minimum absolute atomic E-state index is 0.411. The van der Waals surface area contributed by atoms with Gasteiger partial charge in [0.15, 0.2) is 0 Å². The molecule has 80 valence electrons. The van der Waals surface area contributed by atoms with Gasteiger partial charge in [-0.1, -0.05) is 12.1 Å². The first-order valence-electron chi connectivity index (χ1n) is 4.14. The Morgan fingerprint density at radius 3 is 2.53 bits per heavy atom. The molecule has 1 rings (SSSR count). The third kappa shape index (κ3) is 2.68. The van der Waals surface area contributed by atoms with Crippen LogP contribution in [0.3, 0.4) is 0 Å². The van der Waals surface area contributed by atoms with Gasteiger partial charge in [-0.25, -0.2) is 5.84 Å². The van der Waals surface area contributed by atoms with Crippen LogP contribution in [0.4, 0.5) is 5.69 Å². The van der Waals surface area contributed by atoms with Crippen LogP contribution in [0.5, 0.6) is 5.75 Å². The summed E-state index contributed by atoms with van der Waals surface area (Å²) in [6.07, 6.45) is 0. The summed E-state index contributed by atoms with van der Waals surface area (Å²) in [5.74, 6) is 3.51. The highest BCUT2D eigenvalue weighted by molar-refractivity contribution is 6.39. The number of hydrogen-bond acceptors (Lipinski definition) is 4. The van der Waals surface area contributed by atoms with Crippen molar-refractivity contribution in [2.24, 2.45) is 5.84 Å². The zero-order valence-electron chi connectivity index (χ0n) is 8.11. The normalized spacial score (nSPS) is 9.20. The van der Waals surface area contributed by atoms with E-state index >= 15 is 0 Å². The molecule has 6 heteroatoms. The number of hydrogen-bond donors (Lipinski definition) is 3. The number of ether oxygens (including phenoxy) is 1. The molecule has 0 aromatic heterocycles. The Balaban J connectivity index is 2.80. The second-order valence-corrected chi connectivity index (χ2v) is 2.63. The quantitative estimate of drug-likeness (QED) is 0.268. The van der Waals surface area contributed by atoms with E-state index in [2.05, 4.69) is 5.32 Å². The molecule has 1 aromatic carbocycles. The van der Waals surface area contributed by atoms with Crippen molar-refractivity contribution in [3.8, 4) is 5.75 Å². The van der Waals surface area contributed by atoms with E-state index in [1.165, 1.54) is 7.11 Å². The number of benzene rings is 1. The van der Waals surface area contributed by atoms with Crippen molar-refractivity contribution in [1.82, 2.24) is 5.43 Å². The van der Waals surface area contributed by atoms with Crippen LogP contribution in [0.2, 0.25) is 0 Å². The Morgan fingerprint density at radius 1 is 1.27 bits per heavy atom. The molecule has 1 aromatic rings. The first-order valence-corrected chi connectivity index (χ1v) is 4.14. The average molecular weight is 209 g/mol. The molecule has 0 saturated carbocycles. The molecule has 0 aliphatic heterocycles. The van der Waals surface area contributed by atoms with Crippen molar-refractivity contribution in [3.63, 3.8) is 0 Å². The molecular formula is C9H11N3O3. The fraction of sp³-hybridized carbons (Fsp3) is 0.111. The van der Waals surface area contributed by atoms with Crippen LogP contribution < -0.4 is 21.3 Å². The minimum Gasteiger partial charge on any atom is -0.495 e. The molecule has 0 fully saturated rings. The standard InChI is InChI=1S/C9H11N3O3/c1-15-7-5-3-2-4-6(7)11-8(13)9(14)12-10/h2-5H,10H2,1H3,(H,11,13)(H,12,14). The van der Waals surface area contributed by atoms with E-state index in [-0.39, 0.29) is 0 Å². The molecule has 0 aliphatic carbocycles. The lowest BCUT2D eigenvalue weighted by atomic mass is 10.3. The topological polar surface area (TPSA) is 93.4 Å². The number of nitrogens with one attached hydrogen (secondary N) is 2. The summed E-state index contributed by atoms with van der Waals surface area (Å²) in [5, 5.41) is 2.36. The molecule has 0 atom stereocenters. The number of anilines is 1. The number of para-hydroxylation sites is 2. The SMILES string of the molecule is COc1ccccc1NC(=O)C(=O)NN. The van der Waals surface area contributed by atoms with Crippen molar-refractivity contribution in [3.05, 3.63) is 24.3 Å². The van der Waals surface area contributed by atoms with Gasteiger partial charge in [-0.2, -0.15) is 0 Å². The fourth-order valence-corrected chi connectivity index (χ4v) is 0.993. The summed E-state index contributed by atoms with van der Waals surface area (Å²) < 4.78 is 4.98. The Kier molecular flexibility index (Phi) is 3.64. The van der Waals surface area contributed by atoms with Crippen molar-refractivity contribution < 1.29 is 14.3 Å². The maximum Gasteiger partial charge on any atom is 0.323 e. The number of carbonyl (C=O) groups is 2. The largest absolute Gasteiger partial charge is 0.495 e. The molecule has 4 N–H and O–H groups in total. The zero-order chi connectivity index (χ0) is 11.3.